The molecule has 0 amide bonds. The highest BCUT2D eigenvalue weighted by Crippen LogP contribution is 2.29. The number of nitrogens with two attached hydrogens (primary N) is 1. The number of aromatic amines is 1. The molecule has 2 heterocycles. The van der Waals surface area contributed by atoms with Gasteiger partial charge in [0.2, 0.25) is 0 Å². The fourth-order valence-electron chi connectivity index (χ4n) is 3.56. The molecule has 0 spiro atoms. The first kappa shape index (κ1) is 20.5. The topological polar surface area (TPSA) is 108 Å². The highest BCUT2D eigenvalue weighted by Gasteiger charge is 2.28. The Balaban J connectivity index is 1.69. The molecule has 0 saturated carbocycles. The maximum atomic E-state index is 12.0. The summed E-state index contributed by atoms with van der Waals surface area (Å²) in [5.41, 5.74) is 5.59. The van der Waals surface area contributed by atoms with Gasteiger partial charge in [-0.15, -0.1) is 0 Å². The third-order valence-corrected chi connectivity index (χ3v) is 5.07. The Morgan fingerprint density at radius 1 is 1.08 bits per heavy atom. The first-order valence-corrected chi connectivity index (χ1v) is 9.61. The highest BCUT2D eigenvalue weighted by molar-refractivity contribution is 5.71. The van der Waals surface area contributed by atoms with Gasteiger partial charge in [0.25, 0.3) is 5.56 Å². The molecule has 148 valence electrons. The smallest absolute Gasteiger partial charge is 0.329 e. The van der Waals surface area contributed by atoms with E-state index in [9.17, 15) is 9.59 Å². The molecule has 1 aromatic rings. The predicted molar refractivity (Wildman–Crippen MR) is 105 cm³/mol. The molecule has 0 bridgehead atoms. The second kappa shape index (κ2) is 9.78. The first-order valence-electron chi connectivity index (χ1n) is 9.61. The second-order valence-electron chi connectivity index (χ2n) is 7.30. The summed E-state index contributed by atoms with van der Waals surface area (Å²) in [5.74, 6) is 0.724. The molecule has 0 aliphatic carbocycles. The third kappa shape index (κ3) is 5.11. The van der Waals surface area contributed by atoms with Crippen LogP contribution in [0.5, 0.6) is 0 Å². The van der Waals surface area contributed by atoms with Crippen LogP contribution in [0.2, 0.25) is 0 Å². The molecule has 4 N–H and O–H groups in total. The number of H-pyrrole nitrogens is 1. The van der Waals surface area contributed by atoms with E-state index in [1.807, 2.05) is 11.9 Å². The molecular weight excluding hydrogens is 334 g/mol. The van der Waals surface area contributed by atoms with Gasteiger partial charge in [-0.3, -0.25) is 14.3 Å². The molecule has 2 rings (SSSR count). The molecule has 26 heavy (non-hydrogen) atoms. The zero-order valence-electron chi connectivity index (χ0n) is 16.0. The fraction of sp³-hybridized carbons (Fsp3) is 0.778. The minimum atomic E-state index is -0.366. The van der Waals surface area contributed by atoms with Crippen LogP contribution in [0.3, 0.4) is 0 Å². The van der Waals surface area contributed by atoms with Gasteiger partial charge >= 0.3 is 5.69 Å². The van der Waals surface area contributed by atoms with Crippen molar-refractivity contribution in [1.82, 2.24) is 9.55 Å². The fourth-order valence-corrected chi connectivity index (χ4v) is 3.56. The van der Waals surface area contributed by atoms with Gasteiger partial charge in [0, 0.05) is 26.7 Å². The number of aliphatic hydroxyl groups is 1. The van der Waals surface area contributed by atoms with Crippen molar-refractivity contribution in [2.75, 3.05) is 36.7 Å². The van der Waals surface area contributed by atoms with Gasteiger partial charge in [-0.25, -0.2) is 4.79 Å². The van der Waals surface area contributed by atoms with E-state index in [-0.39, 0.29) is 23.9 Å². The number of nitrogens with zero attached hydrogens (tertiary/aromatic N) is 3. The van der Waals surface area contributed by atoms with Crippen molar-refractivity contribution in [1.29, 1.82) is 0 Å². The quantitative estimate of drug-likeness (QED) is 0.498. The zero-order chi connectivity index (χ0) is 19.1. The minimum absolute atomic E-state index is 0.0697. The molecule has 1 aliphatic heterocycles. The maximum absolute atomic E-state index is 12.0. The molecule has 0 aromatic carbocycles. The zero-order valence-corrected chi connectivity index (χ0v) is 16.0. The lowest BCUT2D eigenvalue weighted by atomic mass is 10.1. The lowest BCUT2D eigenvalue weighted by molar-refractivity contribution is 0.257. The van der Waals surface area contributed by atoms with Crippen molar-refractivity contribution in [2.24, 2.45) is 12.8 Å². The van der Waals surface area contributed by atoms with Gasteiger partial charge in [0.15, 0.2) is 0 Å². The van der Waals surface area contributed by atoms with Crippen LogP contribution in [0.4, 0.5) is 11.5 Å². The molecule has 0 radical (unpaired) electrons. The van der Waals surface area contributed by atoms with Crippen molar-refractivity contribution >= 4 is 11.5 Å². The Morgan fingerprint density at radius 2 is 1.69 bits per heavy atom. The number of nitrogens with one attached hydrogen (secondary N) is 1. The average Bonchev–Trinajstić information content (AvgIpc) is 2.94. The number of aromatic nitrogens is 2. The third-order valence-electron chi connectivity index (χ3n) is 5.07. The lowest BCUT2D eigenvalue weighted by Gasteiger charge is -2.20. The second-order valence-corrected chi connectivity index (χ2v) is 7.30. The molecular formula is C18H33N5O3. The molecule has 8 heteroatoms. The van der Waals surface area contributed by atoms with Gasteiger partial charge < -0.3 is 20.6 Å². The van der Waals surface area contributed by atoms with Crippen LogP contribution in [0.15, 0.2) is 9.59 Å². The summed E-state index contributed by atoms with van der Waals surface area (Å²) in [5, 5.41) is 8.88. The van der Waals surface area contributed by atoms with Gasteiger partial charge in [-0.1, -0.05) is 38.5 Å². The summed E-state index contributed by atoms with van der Waals surface area (Å²) in [6.07, 6.45) is 8.95. The SMILES string of the molecule is CN1CN(CCCCCCCCCC(N)CO)c2c1c(=O)[nH]c(=O)n2C. The molecule has 0 saturated heterocycles. The van der Waals surface area contributed by atoms with Gasteiger partial charge in [0.1, 0.15) is 11.5 Å². The van der Waals surface area contributed by atoms with E-state index in [0.717, 1.165) is 38.0 Å². The van der Waals surface area contributed by atoms with E-state index in [4.69, 9.17) is 10.8 Å². The van der Waals surface area contributed by atoms with Crippen LogP contribution in [0.25, 0.3) is 0 Å². The molecule has 1 atom stereocenters. The van der Waals surface area contributed by atoms with Gasteiger partial charge in [-0.05, 0) is 12.8 Å². The number of unbranched alkanes of at least 4 members (excludes halogenated alkanes) is 6. The maximum Gasteiger partial charge on any atom is 0.329 e. The summed E-state index contributed by atoms with van der Waals surface area (Å²) >= 11 is 0. The van der Waals surface area contributed by atoms with Crippen molar-refractivity contribution < 1.29 is 5.11 Å². The van der Waals surface area contributed by atoms with Crippen LogP contribution < -0.4 is 26.8 Å². The van der Waals surface area contributed by atoms with E-state index < -0.39 is 0 Å². The van der Waals surface area contributed by atoms with Crippen LogP contribution in [-0.2, 0) is 7.05 Å². The number of hydrogen-bond donors (Lipinski definition) is 3. The lowest BCUT2D eigenvalue weighted by Crippen LogP contribution is -2.32. The summed E-state index contributed by atoms with van der Waals surface area (Å²) in [7, 11) is 3.58. The normalized spacial score (nSPS) is 14.8. The monoisotopic (exact) mass is 367 g/mol. The summed E-state index contributed by atoms with van der Waals surface area (Å²) in [6.45, 7) is 1.56. The Labute approximate surface area is 154 Å². The minimum Gasteiger partial charge on any atom is -0.395 e. The van der Waals surface area contributed by atoms with E-state index in [1.165, 1.54) is 30.3 Å². The molecule has 1 aromatic heterocycles. The van der Waals surface area contributed by atoms with Crippen LogP contribution in [0.1, 0.15) is 51.4 Å². The predicted octanol–water partition coefficient (Wildman–Crippen LogP) is 0.728. The van der Waals surface area contributed by atoms with E-state index >= 15 is 0 Å². The Hall–Kier alpha value is -1.80. The molecule has 1 unspecified atom stereocenters. The number of aliphatic hydroxyl groups excluding tert-OH is 1. The van der Waals surface area contributed by atoms with Crippen LogP contribution in [0, 0.1) is 0 Å². The number of fused-ring (bicyclic) bond motifs is 1. The van der Waals surface area contributed by atoms with Crippen molar-refractivity contribution in [3.63, 3.8) is 0 Å². The standard InChI is InChI=1S/C18H33N5O3/c1-21-13-23(17-15(21)16(25)20-18(26)22(17)2)11-9-7-5-3-4-6-8-10-14(19)12-24/h14,24H,3-13,19H2,1-2H3,(H,20,25,26). The van der Waals surface area contributed by atoms with Crippen LogP contribution >= 0.6 is 0 Å². The summed E-state index contributed by atoms with van der Waals surface area (Å²) in [6, 6.07) is -0.0697. The van der Waals surface area contributed by atoms with E-state index in [0.29, 0.717) is 12.4 Å². The Kier molecular flexibility index (Phi) is 7.71. The molecule has 1 aliphatic rings. The number of anilines is 2. The van der Waals surface area contributed by atoms with Crippen LogP contribution in [-0.4, -0.2) is 47.6 Å². The largest absolute Gasteiger partial charge is 0.395 e. The van der Waals surface area contributed by atoms with E-state index in [2.05, 4.69) is 9.88 Å². The number of hydrogen-bond acceptors (Lipinski definition) is 6. The average molecular weight is 367 g/mol. The van der Waals surface area contributed by atoms with Gasteiger partial charge in [-0.2, -0.15) is 0 Å². The molecule has 8 nitrogen and oxygen atoms in total. The van der Waals surface area contributed by atoms with Crippen molar-refractivity contribution in [2.45, 2.75) is 57.4 Å². The highest BCUT2D eigenvalue weighted by atomic mass is 16.3. The van der Waals surface area contributed by atoms with Crippen molar-refractivity contribution in [3.05, 3.63) is 20.8 Å². The Bertz CT molecular complexity index is 684. The van der Waals surface area contributed by atoms with Gasteiger partial charge in [0.05, 0.1) is 13.3 Å². The molecule has 0 fully saturated rings. The van der Waals surface area contributed by atoms with Crippen molar-refractivity contribution in [3.8, 4) is 0 Å². The number of rotatable bonds is 11. The summed E-state index contributed by atoms with van der Waals surface area (Å²) < 4.78 is 1.53. The Morgan fingerprint density at radius 3 is 2.35 bits per heavy atom. The summed E-state index contributed by atoms with van der Waals surface area (Å²) in [4.78, 5) is 30.3. The van der Waals surface area contributed by atoms with E-state index in [1.54, 1.807) is 7.05 Å². The first-order chi connectivity index (χ1) is 12.5.